The van der Waals surface area contributed by atoms with E-state index in [1.54, 1.807) is 21.3 Å². The van der Waals surface area contributed by atoms with Gasteiger partial charge in [-0.2, -0.15) is 0 Å². The maximum Gasteiger partial charge on any atom is 0.331 e. The van der Waals surface area contributed by atoms with Gasteiger partial charge in [0.2, 0.25) is 0 Å². The third-order valence-corrected chi connectivity index (χ3v) is 7.11. The highest BCUT2D eigenvalue weighted by molar-refractivity contribution is 6.51. The van der Waals surface area contributed by atoms with Gasteiger partial charge in [-0.15, -0.1) is 0 Å². The van der Waals surface area contributed by atoms with E-state index in [0.29, 0.717) is 0 Å². The Kier molecular flexibility index (Phi) is 3.96. The molecule has 1 heterocycles. The van der Waals surface area contributed by atoms with Crippen molar-refractivity contribution in [2.45, 2.75) is 38.9 Å². The van der Waals surface area contributed by atoms with Gasteiger partial charge in [0.05, 0.1) is 11.2 Å². The number of para-hydroxylation sites is 1. The smallest absolute Gasteiger partial charge is 0.331 e. The Labute approximate surface area is 187 Å². The summed E-state index contributed by atoms with van der Waals surface area (Å²) in [7, 11) is 1.80. The first-order valence-corrected chi connectivity index (χ1v) is 11.0. The molecule has 0 spiro atoms. The number of hydrogen-bond donors (Lipinski definition) is 1. The lowest BCUT2D eigenvalue weighted by atomic mass is 9.78. The highest BCUT2D eigenvalue weighted by Gasteiger charge is 2.36. The molecule has 0 amide bonds. The van der Waals surface area contributed by atoms with Crippen LogP contribution in [0.15, 0.2) is 71.1 Å². The van der Waals surface area contributed by atoms with Crippen molar-refractivity contribution in [1.29, 1.82) is 0 Å². The van der Waals surface area contributed by atoms with Crippen LogP contribution in [0.25, 0.3) is 55.0 Å². The third kappa shape index (κ3) is 2.63. The van der Waals surface area contributed by atoms with E-state index < -0.39 is 11.2 Å². The number of furan rings is 1. The highest BCUT2D eigenvalue weighted by Crippen LogP contribution is 2.49. The van der Waals surface area contributed by atoms with Gasteiger partial charge in [0.15, 0.2) is 0 Å². The first kappa shape index (κ1) is 19.6. The minimum Gasteiger partial charge on any atom is -0.455 e. The molecular formula is C28H24BO3. The number of fused-ring (bicyclic) bond motifs is 7. The van der Waals surface area contributed by atoms with Crippen molar-refractivity contribution in [1.82, 2.24) is 0 Å². The third-order valence-electron chi connectivity index (χ3n) is 7.11. The van der Waals surface area contributed by atoms with Crippen LogP contribution in [0.1, 0.15) is 27.7 Å². The van der Waals surface area contributed by atoms with E-state index in [0.717, 1.165) is 38.4 Å². The van der Waals surface area contributed by atoms with Gasteiger partial charge >= 0.3 is 7.48 Å². The summed E-state index contributed by atoms with van der Waals surface area (Å²) >= 11 is 0. The summed E-state index contributed by atoms with van der Waals surface area (Å²) in [4.78, 5) is 0. The lowest BCUT2D eigenvalue weighted by molar-refractivity contribution is -0.0893. The molecule has 0 aliphatic heterocycles. The average molecular weight is 419 g/mol. The van der Waals surface area contributed by atoms with Crippen molar-refractivity contribution in [3.05, 3.63) is 66.7 Å². The van der Waals surface area contributed by atoms with Crippen LogP contribution in [-0.2, 0) is 4.65 Å². The van der Waals surface area contributed by atoms with Crippen LogP contribution in [0.2, 0.25) is 0 Å². The zero-order chi connectivity index (χ0) is 22.3. The molecule has 0 saturated carbocycles. The summed E-state index contributed by atoms with van der Waals surface area (Å²) in [5.41, 5.74) is 5.90. The molecule has 0 fully saturated rings. The first-order valence-electron chi connectivity index (χ1n) is 11.0. The molecule has 4 aromatic carbocycles. The lowest BCUT2D eigenvalue weighted by Crippen LogP contribution is -2.49. The topological polar surface area (TPSA) is 42.6 Å². The standard InChI is InChI=1S/C28H24BO3/c1-27(2,30)28(3,4)32-29-22-13-8-11-18-17-10-7-12-19-24(17)21(25(18)22)15-20-16-9-5-6-14-23(16)31-26(19)20/h5-15,30H,1-4H3. The van der Waals surface area contributed by atoms with Gasteiger partial charge in [0.1, 0.15) is 11.2 Å². The van der Waals surface area contributed by atoms with Crippen molar-refractivity contribution in [3.8, 4) is 22.3 Å². The molecule has 1 aliphatic rings. The van der Waals surface area contributed by atoms with Gasteiger partial charge in [0, 0.05) is 21.5 Å². The highest BCUT2D eigenvalue weighted by atomic mass is 16.5. The van der Waals surface area contributed by atoms with E-state index >= 15 is 0 Å². The van der Waals surface area contributed by atoms with E-state index in [4.69, 9.17) is 9.07 Å². The van der Waals surface area contributed by atoms with Crippen molar-refractivity contribution >= 4 is 45.7 Å². The van der Waals surface area contributed by atoms with Crippen molar-refractivity contribution < 1.29 is 14.2 Å². The van der Waals surface area contributed by atoms with E-state index in [1.807, 2.05) is 26.0 Å². The number of benzene rings is 4. The predicted molar refractivity (Wildman–Crippen MR) is 133 cm³/mol. The molecule has 157 valence electrons. The molecule has 0 saturated heterocycles. The maximum atomic E-state index is 10.5. The van der Waals surface area contributed by atoms with Crippen LogP contribution in [0.5, 0.6) is 0 Å². The number of rotatable bonds is 4. The minimum absolute atomic E-state index is 0.735. The fourth-order valence-corrected chi connectivity index (χ4v) is 4.63. The second kappa shape index (κ2) is 6.47. The fraction of sp³-hybridized carbons (Fsp3) is 0.214. The molecule has 4 heteroatoms. The molecule has 0 unspecified atom stereocenters. The monoisotopic (exact) mass is 419 g/mol. The summed E-state index contributed by atoms with van der Waals surface area (Å²) in [5, 5.41) is 15.1. The van der Waals surface area contributed by atoms with E-state index in [9.17, 15) is 5.11 Å². The Bertz CT molecular complexity index is 1540. The zero-order valence-electron chi connectivity index (χ0n) is 18.7. The number of aliphatic hydroxyl groups is 1. The van der Waals surface area contributed by atoms with Crippen LogP contribution in [0.4, 0.5) is 0 Å². The van der Waals surface area contributed by atoms with Gasteiger partial charge in [-0.3, -0.25) is 0 Å². The van der Waals surface area contributed by atoms with Crippen molar-refractivity contribution in [2.24, 2.45) is 0 Å². The quantitative estimate of drug-likeness (QED) is 0.346. The van der Waals surface area contributed by atoms with Crippen LogP contribution < -0.4 is 5.46 Å². The Hall–Kier alpha value is -3.08. The van der Waals surface area contributed by atoms with Crippen LogP contribution in [-0.4, -0.2) is 23.8 Å². The summed E-state index contributed by atoms with van der Waals surface area (Å²) in [6.45, 7) is 7.35. The first-order chi connectivity index (χ1) is 15.3. The van der Waals surface area contributed by atoms with Gasteiger partial charge in [0.25, 0.3) is 0 Å². The number of hydrogen-bond acceptors (Lipinski definition) is 3. The Morgan fingerprint density at radius 1 is 0.781 bits per heavy atom. The van der Waals surface area contributed by atoms with Crippen LogP contribution in [0.3, 0.4) is 0 Å². The van der Waals surface area contributed by atoms with E-state index in [2.05, 4.69) is 54.6 Å². The van der Waals surface area contributed by atoms with Gasteiger partial charge < -0.3 is 14.2 Å². The molecule has 1 radical (unpaired) electrons. The molecule has 3 nitrogen and oxygen atoms in total. The molecule has 1 aliphatic carbocycles. The van der Waals surface area contributed by atoms with Crippen LogP contribution >= 0.6 is 0 Å². The molecular weight excluding hydrogens is 395 g/mol. The minimum atomic E-state index is -0.980. The average Bonchev–Trinajstić information content (AvgIpc) is 3.30. The SMILES string of the molecule is CC(C)(O)C(C)(C)O[B]c1cccc2c1-c1cc3c4ccccc4oc3c3cccc-2c13. The normalized spacial score (nSPS) is 13.3. The van der Waals surface area contributed by atoms with E-state index in [1.165, 1.54) is 22.1 Å². The second-order valence-corrected chi connectivity index (χ2v) is 9.70. The fourth-order valence-electron chi connectivity index (χ4n) is 4.63. The summed E-state index contributed by atoms with van der Waals surface area (Å²) in [6, 6.07) is 23.2. The molecule has 6 rings (SSSR count). The molecule has 1 N–H and O–H groups in total. The van der Waals surface area contributed by atoms with E-state index in [-0.39, 0.29) is 0 Å². The Morgan fingerprint density at radius 3 is 2.31 bits per heavy atom. The van der Waals surface area contributed by atoms with Crippen LogP contribution in [0, 0.1) is 0 Å². The summed E-state index contributed by atoms with van der Waals surface area (Å²) < 4.78 is 12.5. The summed E-state index contributed by atoms with van der Waals surface area (Å²) in [6.07, 6.45) is 0. The maximum absolute atomic E-state index is 10.5. The Balaban J connectivity index is 1.59. The molecule has 1 aromatic heterocycles. The molecule has 0 bridgehead atoms. The van der Waals surface area contributed by atoms with Gasteiger partial charge in [-0.1, -0.05) is 54.6 Å². The lowest BCUT2D eigenvalue weighted by Gasteiger charge is -2.37. The van der Waals surface area contributed by atoms with Gasteiger partial charge in [-0.05, 0) is 67.5 Å². The summed E-state index contributed by atoms with van der Waals surface area (Å²) in [5.74, 6) is 0. The Morgan fingerprint density at radius 2 is 1.50 bits per heavy atom. The largest absolute Gasteiger partial charge is 0.455 e. The van der Waals surface area contributed by atoms with Crippen molar-refractivity contribution in [3.63, 3.8) is 0 Å². The van der Waals surface area contributed by atoms with Gasteiger partial charge in [-0.25, -0.2) is 0 Å². The second-order valence-electron chi connectivity index (χ2n) is 9.70. The molecule has 32 heavy (non-hydrogen) atoms. The molecule has 5 aromatic rings. The van der Waals surface area contributed by atoms with Crippen molar-refractivity contribution in [2.75, 3.05) is 0 Å². The predicted octanol–water partition coefficient (Wildman–Crippen LogP) is 6.20. The zero-order valence-corrected chi connectivity index (χ0v) is 18.7. The molecule has 0 atom stereocenters.